The Kier molecular flexibility index (Phi) is 6.03. The molecule has 0 atom stereocenters. The molecular formula is C25H23BrN4O2. The summed E-state index contributed by atoms with van der Waals surface area (Å²) in [6, 6.07) is 20.9. The number of oxazole rings is 1. The first-order valence-corrected chi connectivity index (χ1v) is 11.4. The predicted molar refractivity (Wildman–Crippen MR) is 130 cm³/mol. The lowest BCUT2D eigenvalue weighted by molar-refractivity contribution is 0.102. The number of amides is 1. The Morgan fingerprint density at radius 3 is 2.72 bits per heavy atom. The molecule has 0 bridgehead atoms. The normalized spacial score (nSPS) is 14.5. The number of rotatable bonds is 5. The summed E-state index contributed by atoms with van der Waals surface area (Å²) in [4.78, 5) is 20.1. The highest BCUT2D eigenvalue weighted by Crippen LogP contribution is 2.32. The Labute approximate surface area is 194 Å². The first kappa shape index (κ1) is 20.9. The molecule has 162 valence electrons. The zero-order valence-electron chi connectivity index (χ0n) is 17.5. The van der Waals surface area contributed by atoms with Gasteiger partial charge in [0, 0.05) is 42.8 Å². The van der Waals surface area contributed by atoms with E-state index in [9.17, 15) is 4.79 Å². The summed E-state index contributed by atoms with van der Waals surface area (Å²) >= 11 is 3.42. The van der Waals surface area contributed by atoms with Crippen molar-refractivity contribution in [3.05, 3.63) is 82.3 Å². The van der Waals surface area contributed by atoms with Gasteiger partial charge in [-0.3, -0.25) is 9.69 Å². The summed E-state index contributed by atoms with van der Waals surface area (Å²) in [5.74, 6) is 0.312. The molecule has 0 saturated carbocycles. The molecule has 6 nitrogen and oxygen atoms in total. The highest BCUT2D eigenvalue weighted by atomic mass is 79.9. The van der Waals surface area contributed by atoms with Crippen molar-refractivity contribution in [2.24, 2.45) is 0 Å². The maximum absolute atomic E-state index is 12.8. The standard InChI is InChI=1S/C25H23BrN4O2/c26-19-7-3-5-17(15-19)24(31)28-21-9-2-1-8-20(21)25-29-23-18(6-4-10-22(23)32-25)16-30-13-11-27-12-14-30/h1-10,15,27H,11-14,16H2,(H,28,31). The molecule has 1 aromatic heterocycles. The number of piperazine rings is 1. The summed E-state index contributed by atoms with van der Waals surface area (Å²) in [5, 5.41) is 6.39. The number of benzene rings is 3. The Morgan fingerprint density at radius 2 is 1.88 bits per heavy atom. The predicted octanol–water partition coefficient (Wildman–Crippen LogP) is 4.91. The van der Waals surface area contributed by atoms with Gasteiger partial charge in [-0.2, -0.15) is 0 Å². The molecule has 1 saturated heterocycles. The van der Waals surface area contributed by atoms with E-state index in [1.807, 2.05) is 48.5 Å². The number of fused-ring (bicyclic) bond motifs is 1. The molecule has 0 spiro atoms. The van der Waals surface area contributed by atoms with Crippen LogP contribution in [-0.2, 0) is 6.54 Å². The molecule has 32 heavy (non-hydrogen) atoms. The Hall–Kier alpha value is -3.00. The molecule has 1 amide bonds. The number of aromatic nitrogens is 1. The monoisotopic (exact) mass is 490 g/mol. The number of nitrogens with zero attached hydrogens (tertiary/aromatic N) is 2. The van der Waals surface area contributed by atoms with Crippen LogP contribution < -0.4 is 10.6 Å². The SMILES string of the molecule is O=C(Nc1ccccc1-c1nc2c(CN3CCNCC3)cccc2o1)c1cccc(Br)c1. The molecule has 1 fully saturated rings. The number of halogens is 1. The molecular weight excluding hydrogens is 468 g/mol. The van der Waals surface area contributed by atoms with Crippen molar-refractivity contribution >= 4 is 38.6 Å². The lowest BCUT2D eigenvalue weighted by Gasteiger charge is -2.27. The second kappa shape index (κ2) is 9.24. The van der Waals surface area contributed by atoms with Crippen LogP contribution in [0.4, 0.5) is 5.69 Å². The number of anilines is 1. The molecule has 7 heteroatoms. The molecule has 2 N–H and O–H groups in total. The number of carbonyl (C=O) groups excluding carboxylic acids is 1. The fraction of sp³-hybridized carbons (Fsp3) is 0.200. The average Bonchev–Trinajstić information content (AvgIpc) is 3.25. The number of carbonyl (C=O) groups is 1. The van der Waals surface area contributed by atoms with Gasteiger partial charge in [-0.15, -0.1) is 0 Å². The Bertz CT molecular complexity index is 1260. The summed E-state index contributed by atoms with van der Waals surface area (Å²) in [6.07, 6.45) is 0. The van der Waals surface area contributed by atoms with E-state index in [0.717, 1.165) is 59.4 Å². The van der Waals surface area contributed by atoms with E-state index in [1.165, 1.54) is 0 Å². The fourth-order valence-corrected chi connectivity index (χ4v) is 4.36. The molecule has 4 aromatic rings. The van der Waals surface area contributed by atoms with Crippen LogP contribution in [0.2, 0.25) is 0 Å². The molecule has 0 radical (unpaired) electrons. The van der Waals surface area contributed by atoms with Crippen LogP contribution in [0.5, 0.6) is 0 Å². The minimum atomic E-state index is -0.186. The van der Waals surface area contributed by atoms with Gasteiger partial charge in [0.25, 0.3) is 5.91 Å². The van der Waals surface area contributed by atoms with Gasteiger partial charge in [0.05, 0.1) is 11.3 Å². The topological polar surface area (TPSA) is 70.4 Å². The molecule has 1 aliphatic heterocycles. The van der Waals surface area contributed by atoms with Gasteiger partial charge in [0.15, 0.2) is 5.58 Å². The second-order valence-corrected chi connectivity index (χ2v) is 8.73. The van der Waals surface area contributed by atoms with E-state index in [2.05, 4.69) is 37.5 Å². The molecule has 5 rings (SSSR count). The number of para-hydroxylation sites is 2. The van der Waals surface area contributed by atoms with Crippen LogP contribution in [0.3, 0.4) is 0 Å². The van der Waals surface area contributed by atoms with E-state index in [1.54, 1.807) is 12.1 Å². The van der Waals surface area contributed by atoms with Crippen LogP contribution in [0.15, 0.2) is 75.6 Å². The molecule has 0 unspecified atom stereocenters. The van der Waals surface area contributed by atoms with Crippen molar-refractivity contribution in [3.63, 3.8) is 0 Å². The van der Waals surface area contributed by atoms with E-state index in [4.69, 9.17) is 9.40 Å². The van der Waals surface area contributed by atoms with Crippen molar-refractivity contribution in [1.29, 1.82) is 0 Å². The third-order valence-electron chi connectivity index (χ3n) is 5.60. The third kappa shape index (κ3) is 4.46. The van der Waals surface area contributed by atoms with E-state index >= 15 is 0 Å². The van der Waals surface area contributed by atoms with Crippen molar-refractivity contribution in [2.45, 2.75) is 6.54 Å². The van der Waals surface area contributed by atoms with Gasteiger partial charge in [0.2, 0.25) is 5.89 Å². The molecule has 1 aliphatic rings. The van der Waals surface area contributed by atoms with E-state index < -0.39 is 0 Å². The van der Waals surface area contributed by atoms with Gasteiger partial charge in [-0.1, -0.05) is 46.3 Å². The summed E-state index contributed by atoms with van der Waals surface area (Å²) in [5.41, 5.74) is 4.75. The van der Waals surface area contributed by atoms with Crippen molar-refractivity contribution in [1.82, 2.24) is 15.2 Å². The van der Waals surface area contributed by atoms with Gasteiger partial charge >= 0.3 is 0 Å². The lowest BCUT2D eigenvalue weighted by Crippen LogP contribution is -2.42. The summed E-state index contributed by atoms with van der Waals surface area (Å²) in [6.45, 7) is 4.89. The van der Waals surface area contributed by atoms with Crippen molar-refractivity contribution < 1.29 is 9.21 Å². The Morgan fingerprint density at radius 1 is 1.06 bits per heavy atom. The van der Waals surface area contributed by atoms with E-state index in [-0.39, 0.29) is 5.91 Å². The summed E-state index contributed by atoms with van der Waals surface area (Å²) in [7, 11) is 0. The average molecular weight is 491 g/mol. The van der Waals surface area contributed by atoms with Gasteiger partial charge < -0.3 is 15.1 Å². The molecule has 0 aliphatic carbocycles. The molecule has 2 heterocycles. The van der Waals surface area contributed by atoms with Crippen LogP contribution >= 0.6 is 15.9 Å². The maximum atomic E-state index is 12.8. The second-order valence-electron chi connectivity index (χ2n) is 7.82. The number of hydrogen-bond donors (Lipinski definition) is 2. The Balaban J connectivity index is 1.45. The summed E-state index contributed by atoms with van der Waals surface area (Å²) < 4.78 is 6.99. The van der Waals surface area contributed by atoms with Crippen molar-refractivity contribution in [2.75, 3.05) is 31.5 Å². The van der Waals surface area contributed by atoms with Gasteiger partial charge in [-0.05, 0) is 42.0 Å². The highest BCUT2D eigenvalue weighted by Gasteiger charge is 2.18. The number of nitrogens with one attached hydrogen (secondary N) is 2. The van der Waals surface area contributed by atoms with Crippen LogP contribution in [-0.4, -0.2) is 42.0 Å². The van der Waals surface area contributed by atoms with Gasteiger partial charge in [-0.25, -0.2) is 4.98 Å². The third-order valence-corrected chi connectivity index (χ3v) is 6.09. The highest BCUT2D eigenvalue weighted by molar-refractivity contribution is 9.10. The smallest absolute Gasteiger partial charge is 0.255 e. The number of hydrogen-bond acceptors (Lipinski definition) is 5. The first-order chi connectivity index (χ1) is 15.7. The molecule has 3 aromatic carbocycles. The van der Waals surface area contributed by atoms with Crippen LogP contribution in [0.25, 0.3) is 22.6 Å². The fourth-order valence-electron chi connectivity index (χ4n) is 3.96. The minimum Gasteiger partial charge on any atom is -0.436 e. The maximum Gasteiger partial charge on any atom is 0.255 e. The van der Waals surface area contributed by atoms with Crippen molar-refractivity contribution in [3.8, 4) is 11.5 Å². The van der Waals surface area contributed by atoms with Crippen LogP contribution in [0.1, 0.15) is 15.9 Å². The largest absolute Gasteiger partial charge is 0.436 e. The quantitative estimate of drug-likeness (QED) is 0.415. The van der Waals surface area contributed by atoms with E-state index in [0.29, 0.717) is 17.1 Å². The zero-order valence-corrected chi connectivity index (χ0v) is 19.1. The lowest BCUT2D eigenvalue weighted by atomic mass is 10.1. The first-order valence-electron chi connectivity index (χ1n) is 10.7. The minimum absolute atomic E-state index is 0.186. The zero-order chi connectivity index (χ0) is 21.9. The van der Waals surface area contributed by atoms with Crippen LogP contribution in [0, 0.1) is 0 Å². The van der Waals surface area contributed by atoms with Gasteiger partial charge in [0.1, 0.15) is 5.52 Å².